The smallest absolute Gasteiger partial charge is 0.319 e. The Kier molecular flexibility index (Phi) is 2.62. The number of amides is 1. The van der Waals surface area contributed by atoms with E-state index in [0.717, 1.165) is 19.3 Å². The molecule has 0 radical (unpaired) electrons. The Morgan fingerprint density at radius 1 is 1.17 bits per heavy atom. The molecule has 1 heterocycles. The van der Waals surface area contributed by atoms with Gasteiger partial charge in [0.1, 0.15) is 5.41 Å². The number of hydrogen-bond donors (Lipinski definition) is 2. The van der Waals surface area contributed by atoms with E-state index < -0.39 is 11.4 Å². The number of hydrogen-bond acceptors (Lipinski definition) is 3. The summed E-state index contributed by atoms with van der Waals surface area (Å²) in [4.78, 5) is 25.4. The Morgan fingerprint density at radius 3 is 2.39 bits per heavy atom. The lowest BCUT2D eigenvalue weighted by atomic mass is 9.68. The van der Waals surface area contributed by atoms with Crippen LogP contribution in [-0.4, -0.2) is 46.2 Å². The minimum absolute atomic E-state index is 0.167. The lowest BCUT2D eigenvalue weighted by Gasteiger charge is -2.39. The summed E-state index contributed by atoms with van der Waals surface area (Å²) in [5.41, 5.74) is -1.15. The second kappa shape index (κ2) is 3.95. The van der Waals surface area contributed by atoms with E-state index in [-0.39, 0.29) is 17.9 Å². The van der Waals surface area contributed by atoms with Crippen molar-refractivity contribution < 1.29 is 19.8 Å². The number of rotatable bonds is 2. The van der Waals surface area contributed by atoms with Crippen LogP contribution in [0.15, 0.2) is 0 Å². The molecule has 1 amide bonds. The van der Waals surface area contributed by atoms with Crippen molar-refractivity contribution in [1.29, 1.82) is 0 Å². The first-order valence-electron chi connectivity index (χ1n) is 6.75. The third kappa shape index (κ3) is 1.49. The fourth-order valence-corrected chi connectivity index (χ4v) is 3.75. The Balaban J connectivity index is 1.73. The van der Waals surface area contributed by atoms with E-state index in [1.54, 1.807) is 4.90 Å². The highest BCUT2D eigenvalue weighted by molar-refractivity contribution is 6.02. The average molecular weight is 253 g/mol. The van der Waals surface area contributed by atoms with Crippen molar-refractivity contribution in [1.82, 2.24) is 4.90 Å². The molecule has 0 aromatic carbocycles. The highest BCUT2D eigenvalue weighted by atomic mass is 16.4. The third-order valence-electron chi connectivity index (χ3n) is 5.13. The van der Waals surface area contributed by atoms with Crippen molar-refractivity contribution >= 4 is 11.9 Å². The van der Waals surface area contributed by atoms with Crippen molar-refractivity contribution in [2.24, 2.45) is 17.3 Å². The lowest BCUT2D eigenvalue weighted by molar-refractivity contribution is -0.167. The summed E-state index contributed by atoms with van der Waals surface area (Å²) in [7, 11) is 0. The summed E-state index contributed by atoms with van der Waals surface area (Å²) in [6.07, 6.45) is 3.22. The minimum atomic E-state index is -1.15. The van der Waals surface area contributed by atoms with Gasteiger partial charge >= 0.3 is 5.97 Å². The van der Waals surface area contributed by atoms with Gasteiger partial charge in [-0.1, -0.05) is 6.42 Å². The molecule has 2 saturated carbocycles. The van der Waals surface area contributed by atoms with Crippen LogP contribution in [0.4, 0.5) is 0 Å². The first-order chi connectivity index (χ1) is 8.54. The number of fused-ring (bicyclic) bond motifs is 1. The number of aliphatic hydroxyl groups excluding tert-OH is 1. The Labute approximate surface area is 106 Å². The van der Waals surface area contributed by atoms with Gasteiger partial charge in [-0.3, -0.25) is 9.59 Å². The van der Waals surface area contributed by atoms with Gasteiger partial charge in [-0.25, -0.2) is 0 Å². The summed E-state index contributed by atoms with van der Waals surface area (Å²) >= 11 is 0. The molecule has 0 aromatic rings. The molecule has 1 aliphatic heterocycles. The van der Waals surface area contributed by atoms with Crippen LogP contribution in [0.1, 0.15) is 32.1 Å². The van der Waals surface area contributed by atoms with Gasteiger partial charge < -0.3 is 15.1 Å². The van der Waals surface area contributed by atoms with Crippen molar-refractivity contribution in [2.45, 2.75) is 38.2 Å². The Bertz CT molecular complexity index is 390. The molecular weight excluding hydrogens is 234 g/mol. The van der Waals surface area contributed by atoms with Crippen LogP contribution >= 0.6 is 0 Å². The lowest BCUT2D eigenvalue weighted by Crippen LogP contribution is -2.52. The number of aliphatic hydroxyl groups is 1. The molecule has 3 fully saturated rings. The maximum Gasteiger partial charge on any atom is 0.319 e. The van der Waals surface area contributed by atoms with E-state index in [0.29, 0.717) is 31.8 Å². The van der Waals surface area contributed by atoms with Gasteiger partial charge in [-0.2, -0.15) is 0 Å². The van der Waals surface area contributed by atoms with E-state index in [1.807, 2.05) is 0 Å². The summed E-state index contributed by atoms with van der Waals surface area (Å²) in [5, 5.41) is 19.1. The highest BCUT2D eigenvalue weighted by Gasteiger charge is 2.55. The second-order valence-corrected chi connectivity index (χ2v) is 6.02. The largest absolute Gasteiger partial charge is 0.480 e. The summed E-state index contributed by atoms with van der Waals surface area (Å²) in [6.45, 7) is 1.18. The number of aliphatic carboxylic acids is 1. The number of carboxylic acids is 1. The van der Waals surface area contributed by atoms with Crippen molar-refractivity contribution in [3.8, 4) is 0 Å². The fraction of sp³-hybridized carbons (Fsp3) is 0.846. The number of nitrogens with zero attached hydrogens (tertiary/aromatic N) is 1. The predicted molar refractivity (Wildman–Crippen MR) is 62.7 cm³/mol. The molecule has 3 unspecified atom stereocenters. The third-order valence-corrected chi connectivity index (χ3v) is 5.13. The zero-order chi connectivity index (χ0) is 12.9. The molecule has 0 aromatic heterocycles. The van der Waals surface area contributed by atoms with Gasteiger partial charge in [0.15, 0.2) is 0 Å². The molecule has 5 nitrogen and oxygen atoms in total. The normalized spacial score (nSPS) is 37.2. The standard InChI is InChI=1S/C13H19NO4/c15-10-3-2-8-6-14(7-9(8)10)11(16)13(12(17)18)4-1-5-13/h8-10,15H,1-7H2,(H,17,18). The molecule has 0 spiro atoms. The molecule has 3 rings (SSSR count). The monoisotopic (exact) mass is 253 g/mol. The molecule has 0 bridgehead atoms. The summed E-state index contributed by atoms with van der Waals surface area (Å²) in [5.74, 6) is -0.658. The number of carbonyl (C=O) groups excluding carboxylic acids is 1. The number of likely N-dealkylation sites (tertiary alicyclic amines) is 1. The van der Waals surface area contributed by atoms with Crippen molar-refractivity contribution in [2.75, 3.05) is 13.1 Å². The van der Waals surface area contributed by atoms with Gasteiger partial charge in [0, 0.05) is 19.0 Å². The molecule has 3 aliphatic rings. The van der Waals surface area contributed by atoms with E-state index >= 15 is 0 Å². The van der Waals surface area contributed by atoms with Crippen LogP contribution in [0.5, 0.6) is 0 Å². The van der Waals surface area contributed by atoms with Crippen LogP contribution in [0.25, 0.3) is 0 Å². The topological polar surface area (TPSA) is 77.8 Å². The molecule has 100 valence electrons. The zero-order valence-corrected chi connectivity index (χ0v) is 10.3. The van der Waals surface area contributed by atoms with E-state index in [1.165, 1.54) is 0 Å². The van der Waals surface area contributed by atoms with E-state index in [2.05, 4.69) is 0 Å². The molecular formula is C13H19NO4. The molecule has 18 heavy (non-hydrogen) atoms. The first-order valence-corrected chi connectivity index (χ1v) is 6.75. The second-order valence-electron chi connectivity index (χ2n) is 6.02. The highest BCUT2D eigenvalue weighted by Crippen LogP contribution is 2.46. The van der Waals surface area contributed by atoms with Crippen LogP contribution in [0, 0.1) is 17.3 Å². The quantitative estimate of drug-likeness (QED) is 0.701. The molecule has 1 saturated heterocycles. The maximum absolute atomic E-state index is 12.4. The molecule has 2 N–H and O–H groups in total. The van der Waals surface area contributed by atoms with Gasteiger partial charge in [0.05, 0.1) is 6.10 Å². The first kappa shape index (κ1) is 12.0. The van der Waals surface area contributed by atoms with Gasteiger partial charge in [0.25, 0.3) is 0 Å². The van der Waals surface area contributed by atoms with Crippen LogP contribution in [0.3, 0.4) is 0 Å². The van der Waals surface area contributed by atoms with E-state index in [4.69, 9.17) is 0 Å². The molecule has 5 heteroatoms. The molecule has 2 aliphatic carbocycles. The van der Waals surface area contributed by atoms with Crippen LogP contribution < -0.4 is 0 Å². The fourth-order valence-electron chi connectivity index (χ4n) is 3.75. The van der Waals surface area contributed by atoms with Crippen LogP contribution in [-0.2, 0) is 9.59 Å². The van der Waals surface area contributed by atoms with Crippen LogP contribution in [0.2, 0.25) is 0 Å². The average Bonchev–Trinajstić information content (AvgIpc) is 2.79. The van der Waals surface area contributed by atoms with Gasteiger partial charge in [-0.15, -0.1) is 0 Å². The van der Waals surface area contributed by atoms with Crippen molar-refractivity contribution in [3.05, 3.63) is 0 Å². The van der Waals surface area contributed by atoms with Gasteiger partial charge in [0.2, 0.25) is 5.91 Å². The number of carbonyl (C=O) groups is 2. The predicted octanol–water partition coefficient (Wildman–Crippen LogP) is 0.471. The summed E-state index contributed by atoms with van der Waals surface area (Å²) in [6, 6.07) is 0. The number of carboxylic acid groups (broad SMARTS) is 1. The van der Waals surface area contributed by atoms with Crippen molar-refractivity contribution in [3.63, 3.8) is 0 Å². The minimum Gasteiger partial charge on any atom is -0.480 e. The summed E-state index contributed by atoms with van der Waals surface area (Å²) < 4.78 is 0. The Hall–Kier alpha value is -1.10. The van der Waals surface area contributed by atoms with E-state index in [9.17, 15) is 19.8 Å². The Morgan fingerprint density at radius 2 is 1.89 bits per heavy atom. The maximum atomic E-state index is 12.4. The molecule has 3 atom stereocenters. The van der Waals surface area contributed by atoms with Gasteiger partial charge in [-0.05, 0) is 31.6 Å². The zero-order valence-electron chi connectivity index (χ0n) is 10.3. The SMILES string of the molecule is O=C(O)C1(C(=O)N2CC3CCC(O)C3C2)CCC1.